The van der Waals surface area contributed by atoms with Gasteiger partial charge in [-0.15, -0.1) is 11.3 Å². The van der Waals surface area contributed by atoms with Gasteiger partial charge in [-0.3, -0.25) is 4.57 Å². The molecule has 0 unspecified atom stereocenters. The molecule has 3 heteroatoms. The smallest absolute Gasteiger partial charge is 0.145 e. The Kier molecular flexibility index (Phi) is 4.22. The van der Waals surface area contributed by atoms with Crippen LogP contribution in [0.3, 0.4) is 0 Å². The fourth-order valence-electron chi connectivity index (χ4n) is 4.19. The Balaban J connectivity index is 1.52. The van der Waals surface area contributed by atoms with Gasteiger partial charge >= 0.3 is 0 Å². The monoisotopic (exact) mass is 416 g/mol. The highest BCUT2D eigenvalue weighted by molar-refractivity contribution is 7.15. The normalized spacial score (nSPS) is 11.4. The molecule has 2 heterocycles. The first-order valence-corrected chi connectivity index (χ1v) is 11.2. The molecule has 0 aliphatic heterocycles. The largest absolute Gasteiger partial charge is 0.292 e. The van der Waals surface area contributed by atoms with Crippen molar-refractivity contribution in [2.24, 2.45) is 0 Å². The summed E-state index contributed by atoms with van der Waals surface area (Å²) in [5.41, 5.74) is 5.63. The first-order valence-electron chi connectivity index (χ1n) is 10.4. The Morgan fingerprint density at radius 1 is 0.677 bits per heavy atom. The number of fused-ring (bicyclic) bond motifs is 2. The van der Waals surface area contributed by atoms with Gasteiger partial charge < -0.3 is 0 Å². The van der Waals surface area contributed by atoms with Gasteiger partial charge in [0.25, 0.3) is 0 Å². The van der Waals surface area contributed by atoms with Crippen molar-refractivity contribution in [1.82, 2.24) is 9.55 Å². The van der Waals surface area contributed by atoms with E-state index in [0.717, 1.165) is 28.1 Å². The number of hydrogen-bond donors (Lipinski definition) is 0. The van der Waals surface area contributed by atoms with Gasteiger partial charge in [-0.25, -0.2) is 4.98 Å². The van der Waals surface area contributed by atoms with Crippen molar-refractivity contribution in [3.63, 3.8) is 0 Å². The van der Waals surface area contributed by atoms with Crippen LogP contribution >= 0.6 is 11.3 Å². The summed E-state index contributed by atoms with van der Waals surface area (Å²) in [7, 11) is 0. The van der Waals surface area contributed by atoms with Crippen LogP contribution in [0, 0.1) is 6.92 Å². The summed E-state index contributed by atoms with van der Waals surface area (Å²) in [4.78, 5) is 7.65. The fraction of sp³-hybridized carbons (Fsp3) is 0.0357. The minimum absolute atomic E-state index is 0.965. The molecule has 0 saturated heterocycles. The quantitative estimate of drug-likeness (QED) is 0.287. The van der Waals surface area contributed by atoms with Crippen molar-refractivity contribution >= 4 is 33.1 Å². The van der Waals surface area contributed by atoms with Crippen LogP contribution in [0.15, 0.2) is 103 Å². The van der Waals surface area contributed by atoms with Crippen LogP contribution in [-0.4, -0.2) is 9.55 Å². The van der Waals surface area contributed by atoms with Crippen LogP contribution in [-0.2, 0) is 0 Å². The van der Waals surface area contributed by atoms with Crippen molar-refractivity contribution in [2.45, 2.75) is 6.92 Å². The molecule has 0 amide bonds. The lowest BCUT2D eigenvalue weighted by Crippen LogP contribution is -1.97. The van der Waals surface area contributed by atoms with Gasteiger partial charge in [-0.1, -0.05) is 54.6 Å². The number of aromatic nitrogens is 2. The van der Waals surface area contributed by atoms with Gasteiger partial charge in [0.2, 0.25) is 0 Å². The van der Waals surface area contributed by atoms with E-state index < -0.39 is 0 Å². The summed E-state index contributed by atoms with van der Waals surface area (Å²) in [6, 6.07) is 36.5. The molecule has 0 bridgehead atoms. The fourth-order valence-corrected chi connectivity index (χ4v) is 5.05. The molecule has 0 spiro atoms. The van der Waals surface area contributed by atoms with Crippen LogP contribution in [0.5, 0.6) is 0 Å². The van der Waals surface area contributed by atoms with E-state index in [9.17, 15) is 0 Å². The topological polar surface area (TPSA) is 17.8 Å². The molecule has 4 aromatic carbocycles. The summed E-state index contributed by atoms with van der Waals surface area (Å²) in [6.45, 7) is 2.15. The highest BCUT2D eigenvalue weighted by Gasteiger charge is 2.14. The Labute approximate surface area is 185 Å². The van der Waals surface area contributed by atoms with Crippen LogP contribution in [0.25, 0.3) is 49.3 Å². The van der Waals surface area contributed by atoms with Crippen LogP contribution in [0.1, 0.15) is 4.88 Å². The molecule has 2 nitrogen and oxygen atoms in total. The highest BCUT2D eigenvalue weighted by Crippen LogP contribution is 2.33. The number of aryl methyl sites for hydroxylation is 1. The molecule has 0 saturated carbocycles. The van der Waals surface area contributed by atoms with Gasteiger partial charge in [0.15, 0.2) is 0 Å². The highest BCUT2D eigenvalue weighted by atomic mass is 32.1. The SMILES string of the molecule is Cc1ccc(-c2ccc3cc(-c4nc5ccccc5n4-c4ccccc4)ccc3c2)s1. The number of thiophene rings is 1. The van der Waals surface area contributed by atoms with E-state index in [-0.39, 0.29) is 0 Å². The lowest BCUT2D eigenvalue weighted by Gasteiger charge is -2.10. The molecule has 0 fully saturated rings. The second-order valence-corrected chi connectivity index (χ2v) is 9.07. The summed E-state index contributed by atoms with van der Waals surface area (Å²) >= 11 is 1.84. The van der Waals surface area contributed by atoms with Crippen LogP contribution < -0.4 is 0 Å². The molecule has 148 valence electrons. The molecule has 6 rings (SSSR count). The first-order chi connectivity index (χ1) is 15.3. The average Bonchev–Trinajstić information content (AvgIpc) is 3.43. The molecule has 0 radical (unpaired) electrons. The van der Waals surface area contributed by atoms with E-state index >= 15 is 0 Å². The number of hydrogen-bond acceptors (Lipinski definition) is 2. The Morgan fingerprint density at radius 3 is 2.16 bits per heavy atom. The van der Waals surface area contributed by atoms with Gasteiger partial charge in [0.1, 0.15) is 5.82 Å². The summed E-state index contributed by atoms with van der Waals surface area (Å²) < 4.78 is 2.25. The second kappa shape index (κ2) is 7.22. The molecular weight excluding hydrogens is 396 g/mol. The Hall–Kier alpha value is -3.69. The maximum absolute atomic E-state index is 5.00. The van der Waals surface area contributed by atoms with E-state index in [1.165, 1.54) is 26.1 Å². The lowest BCUT2D eigenvalue weighted by molar-refractivity contribution is 1.10. The van der Waals surface area contributed by atoms with Crippen LogP contribution in [0.4, 0.5) is 0 Å². The first kappa shape index (κ1) is 18.1. The summed E-state index contributed by atoms with van der Waals surface area (Å²) in [5.74, 6) is 0.965. The number of para-hydroxylation sites is 3. The average molecular weight is 417 g/mol. The molecule has 0 aliphatic carbocycles. The number of nitrogens with zero attached hydrogens (tertiary/aromatic N) is 2. The van der Waals surface area contributed by atoms with Gasteiger partial charge in [0.05, 0.1) is 11.0 Å². The molecular formula is C28H20N2S. The van der Waals surface area contributed by atoms with Crippen LogP contribution in [0.2, 0.25) is 0 Å². The van der Waals surface area contributed by atoms with Crippen molar-refractivity contribution in [1.29, 1.82) is 0 Å². The number of benzene rings is 4. The zero-order valence-corrected chi connectivity index (χ0v) is 17.9. The summed E-state index contributed by atoms with van der Waals surface area (Å²) in [5, 5.41) is 2.47. The summed E-state index contributed by atoms with van der Waals surface area (Å²) in [6.07, 6.45) is 0. The predicted octanol–water partition coefficient (Wildman–Crippen LogP) is 7.88. The predicted molar refractivity (Wildman–Crippen MR) is 132 cm³/mol. The zero-order valence-electron chi connectivity index (χ0n) is 17.1. The molecule has 6 aromatic rings. The third-order valence-electron chi connectivity index (χ3n) is 5.70. The van der Waals surface area contributed by atoms with Crippen molar-refractivity contribution < 1.29 is 0 Å². The number of imidazole rings is 1. The maximum Gasteiger partial charge on any atom is 0.145 e. The standard InChI is InChI=1S/C28H20N2S/c1-19-11-16-27(31-19)22-14-12-21-18-23(15-13-20(21)17-22)28-29-25-9-5-6-10-26(25)30(28)24-7-3-2-4-8-24/h2-18H,1H3. The second-order valence-electron chi connectivity index (χ2n) is 7.78. The number of rotatable bonds is 3. The molecule has 2 aromatic heterocycles. The van der Waals surface area contributed by atoms with Crippen molar-refractivity contribution in [3.05, 3.63) is 108 Å². The molecule has 0 aliphatic rings. The van der Waals surface area contributed by atoms with E-state index in [1.54, 1.807) is 0 Å². The zero-order chi connectivity index (χ0) is 20.8. The third-order valence-corrected chi connectivity index (χ3v) is 6.75. The maximum atomic E-state index is 5.00. The Bertz CT molecular complexity index is 1540. The van der Waals surface area contributed by atoms with E-state index in [0.29, 0.717) is 0 Å². The van der Waals surface area contributed by atoms with Crippen molar-refractivity contribution in [2.75, 3.05) is 0 Å². The Morgan fingerprint density at radius 2 is 1.39 bits per heavy atom. The lowest BCUT2D eigenvalue weighted by atomic mass is 10.0. The van der Waals surface area contributed by atoms with Gasteiger partial charge in [0, 0.05) is 21.0 Å². The van der Waals surface area contributed by atoms with Crippen molar-refractivity contribution in [3.8, 4) is 27.5 Å². The minimum atomic E-state index is 0.965. The molecule has 31 heavy (non-hydrogen) atoms. The van der Waals surface area contributed by atoms with E-state index in [1.807, 2.05) is 23.5 Å². The molecule has 0 N–H and O–H groups in total. The third kappa shape index (κ3) is 3.15. The van der Waals surface area contributed by atoms with E-state index in [4.69, 9.17) is 4.98 Å². The molecule has 0 atom stereocenters. The van der Waals surface area contributed by atoms with Gasteiger partial charge in [-0.2, -0.15) is 0 Å². The van der Waals surface area contributed by atoms with Gasteiger partial charge in [-0.05, 0) is 71.8 Å². The minimum Gasteiger partial charge on any atom is -0.292 e. The van der Waals surface area contributed by atoms with E-state index in [2.05, 4.69) is 102 Å².